The Balaban J connectivity index is -0.0000000817. The van der Waals surface area contributed by atoms with Crippen LogP contribution in [0.3, 0.4) is 0 Å². The van der Waals surface area contributed by atoms with Crippen molar-refractivity contribution in [1.29, 1.82) is 0 Å². The summed E-state index contributed by atoms with van der Waals surface area (Å²) in [7, 11) is -3.68. The molecule has 0 saturated heterocycles. The first-order valence-corrected chi connectivity index (χ1v) is 4.40. The molecule has 9 heavy (non-hydrogen) atoms. The van der Waals surface area contributed by atoms with Crippen LogP contribution in [-0.2, 0) is 4.57 Å². The van der Waals surface area contributed by atoms with Crippen molar-refractivity contribution >= 4 is 30.6 Å². The van der Waals surface area contributed by atoms with Crippen molar-refractivity contribution in [3.63, 3.8) is 0 Å². The van der Waals surface area contributed by atoms with Gasteiger partial charge in [-0.05, 0) is 6.42 Å². The van der Waals surface area contributed by atoms with E-state index in [0.29, 0.717) is 6.42 Å². The van der Waals surface area contributed by atoms with E-state index in [1.165, 1.54) is 0 Å². The molecule has 0 aliphatic carbocycles. The number of hydrogen-bond donors (Lipinski definition) is 2. The minimum Gasteiger partial charge on any atom is -1.00 e. The van der Waals surface area contributed by atoms with Crippen LogP contribution in [0.2, 0.25) is 0 Å². The van der Waals surface area contributed by atoms with E-state index in [0.717, 1.165) is 6.42 Å². The molecule has 5 heteroatoms. The summed E-state index contributed by atoms with van der Waals surface area (Å²) in [6.07, 6.45) is 1.49. The summed E-state index contributed by atoms with van der Waals surface area (Å²) in [6.45, 7) is 1.90. The van der Waals surface area contributed by atoms with Crippen LogP contribution in [0, 0.1) is 0 Å². The van der Waals surface area contributed by atoms with Gasteiger partial charge in [0.05, 0.1) is 0 Å². The normalized spacial score (nSPS) is 10.6. The van der Waals surface area contributed by atoms with Crippen LogP contribution in [0.1, 0.15) is 22.6 Å². The van der Waals surface area contributed by atoms with Crippen molar-refractivity contribution in [1.82, 2.24) is 0 Å². The zero-order valence-electron chi connectivity index (χ0n) is 7.58. The molecular weight excluding hydrogens is 151 g/mol. The van der Waals surface area contributed by atoms with Crippen LogP contribution in [0.25, 0.3) is 0 Å². The Bertz CT molecular complexity index is 108. The molecule has 0 aliphatic rings. The molecule has 0 aromatic heterocycles. The molecule has 3 nitrogen and oxygen atoms in total. The van der Waals surface area contributed by atoms with Crippen molar-refractivity contribution in [2.24, 2.45) is 0 Å². The third kappa shape index (κ3) is 12.2. The van der Waals surface area contributed by atoms with Crippen LogP contribution in [0.15, 0.2) is 0 Å². The average Bonchev–Trinajstić information content (AvgIpc) is 1.59. The molecule has 0 bridgehead atoms. The van der Waals surface area contributed by atoms with Gasteiger partial charge in [0.15, 0.2) is 0 Å². The summed E-state index contributed by atoms with van der Waals surface area (Å²) in [4.78, 5) is 16.5. The monoisotopic (exact) mass is 164 g/mol. The van der Waals surface area contributed by atoms with Crippen molar-refractivity contribution < 1.29 is 17.2 Å². The largest absolute Gasteiger partial charge is 2.00 e. The molecule has 54 valence electrons. The fraction of sp³-hybridized carbons (Fsp3) is 1.00. The molecule has 0 heterocycles. The smallest absolute Gasteiger partial charge is 1.00 e. The van der Waals surface area contributed by atoms with Gasteiger partial charge >= 0.3 is 30.6 Å². The Morgan fingerprint density at radius 1 is 1.56 bits per heavy atom. The van der Waals surface area contributed by atoms with Gasteiger partial charge in [-0.1, -0.05) is 13.3 Å². The molecule has 0 aromatic carbocycles. The molecule has 0 fully saturated rings. The van der Waals surface area contributed by atoms with Crippen molar-refractivity contribution in [2.45, 2.75) is 19.8 Å². The van der Waals surface area contributed by atoms with Crippen LogP contribution >= 0.6 is 7.60 Å². The second-order valence-electron chi connectivity index (χ2n) is 1.74. The quantitative estimate of drug-likeness (QED) is 0.479. The zero-order chi connectivity index (χ0) is 6.62. The third-order valence-electron chi connectivity index (χ3n) is 0.803. The topological polar surface area (TPSA) is 57.5 Å². The van der Waals surface area contributed by atoms with E-state index in [4.69, 9.17) is 9.79 Å². The number of rotatable bonds is 3. The Kier molecular flexibility index (Phi) is 7.94. The summed E-state index contributed by atoms with van der Waals surface area (Å²) in [6, 6.07) is 0. The minimum absolute atomic E-state index is 0. The van der Waals surface area contributed by atoms with E-state index in [2.05, 4.69) is 0 Å². The Morgan fingerprint density at radius 3 is 2.11 bits per heavy atom. The van der Waals surface area contributed by atoms with Gasteiger partial charge in [0, 0.05) is 6.16 Å². The fourth-order valence-corrected chi connectivity index (χ4v) is 1.09. The molecule has 0 unspecified atom stereocenters. The first-order chi connectivity index (χ1) is 3.56. The van der Waals surface area contributed by atoms with Gasteiger partial charge in [0.25, 0.3) is 0 Å². The first kappa shape index (κ1) is 12.6. The summed E-state index contributed by atoms with van der Waals surface area (Å²) in [5.41, 5.74) is 0. The van der Waals surface area contributed by atoms with E-state index in [9.17, 15) is 4.57 Å². The van der Waals surface area contributed by atoms with Crippen LogP contribution in [-0.4, -0.2) is 39.0 Å². The minimum atomic E-state index is -3.68. The van der Waals surface area contributed by atoms with E-state index in [-0.39, 0.29) is 32.1 Å². The van der Waals surface area contributed by atoms with E-state index in [1.807, 2.05) is 6.92 Å². The molecule has 0 atom stereocenters. The first-order valence-electron chi connectivity index (χ1n) is 2.61. The summed E-state index contributed by atoms with van der Waals surface area (Å²) in [5.74, 6) is 0. The van der Waals surface area contributed by atoms with Crippen molar-refractivity contribution in [3.8, 4) is 0 Å². The van der Waals surface area contributed by atoms with Crippen LogP contribution in [0.4, 0.5) is 0 Å². The van der Waals surface area contributed by atoms with Gasteiger partial charge in [-0.3, -0.25) is 4.57 Å². The molecule has 0 amide bonds. The molecule has 0 spiro atoms. The summed E-state index contributed by atoms with van der Waals surface area (Å²) < 4.78 is 10.1. The molecule has 0 aromatic rings. The SMILES string of the molecule is CCCCP(=O)(O)O.[H-].[H-].[Mg+2]. The predicted octanol–water partition coefficient (Wildman–Crippen LogP) is 0.808. The number of hydrogen-bond acceptors (Lipinski definition) is 1. The molecule has 0 rings (SSSR count). The van der Waals surface area contributed by atoms with Gasteiger partial charge in [-0.15, -0.1) is 0 Å². The fourth-order valence-electron chi connectivity index (χ4n) is 0.364. The number of unbranched alkanes of at least 4 members (excludes halogenated alkanes) is 1. The average molecular weight is 164 g/mol. The second kappa shape index (κ2) is 5.68. The van der Waals surface area contributed by atoms with Gasteiger partial charge in [0.1, 0.15) is 0 Å². The Hall–Kier alpha value is 0.916. The molecule has 2 N–H and O–H groups in total. The predicted molar refractivity (Wildman–Crippen MR) is 39.8 cm³/mol. The van der Waals surface area contributed by atoms with Gasteiger partial charge in [0.2, 0.25) is 0 Å². The molecule has 0 saturated carbocycles. The molecular formula is C4H13MgO3P. The van der Waals surface area contributed by atoms with Gasteiger partial charge < -0.3 is 12.6 Å². The second-order valence-corrected chi connectivity index (χ2v) is 3.52. The zero-order valence-corrected chi connectivity index (χ0v) is 7.89. The maximum absolute atomic E-state index is 10.1. The van der Waals surface area contributed by atoms with Gasteiger partial charge in [-0.25, -0.2) is 0 Å². The van der Waals surface area contributed by atoms with Crippen molar-refractivity contribution in [3.05, 3.63) is 0 Å². The standard InChI is InChI=1S/C4H11O3P.Mg.2H/c1-2-3-4-8(5,6)7;;;/h2-4H2,1H3,(H2,5,6,7);;;/q;+2;2*-1. The van der Waals surface area contributed by atoms with E-state index < -0.39 is 7.60 Å². The van der Waals surface area contributed by atoms with Crippen LogP contribution in [0.5, 0.6) is 0 Å². The molecule has 0 radical (unpaired) electrons. The third-order valence-corrected chi connectivity index (χ3v) is 1.70. The summed E-state index contributed by atoms with van der Waals surface area (Å²) >= 11 is 0. The Morgan fingerprint density at radius 2 is 2.00 bits per heavy atom. The Labute approximate surface area is 74.1 Å². The summed E-state index contributed by atoms with van der Waals surface area (Å²) in [5, 5.41) is 0. The maximum atomic E-state index is 10.1. The van der Waals surface area contributed by atoms with Gasteiger partial charge in [-0.2, -0.15) is 0 Å². The van der Waals surface area contributed by atoms with E-state index in [1.54, 1.807) is 0 Å². The maximum Gasteiger partial charge on any atom is 2.00 e. The van der Waals surface area contributed by atoms with Crippen LogP contribution < -0.4 is 0 Å². The van der Waals surface area contributed by atoms with Crippen molar-refractivity contribution in [2.75, 3.05) is 6.16 Å². The molecule has 0 aliphatic heterocycles. The van der Waals surface area contributed by atoms with E-state index >= 15 is 0 Å².